The summed E-state index contributed by atoms with van der Waals surface area (Å²) in [4.78, 5) is 25.5. The fraction of sp³-hybridized carbons (Fsp3) is 0.261. The number of rotatable bonds is 6. The molecule has 3 aromatic heterocycles. The first-order chi connectivity index (χ1) is 15.3. The van der Waals surface area contributed by atoms with Gasteiger partial charge < -0.3 is 9.84 Å². The number of carbonyl (C=O) groups excluding carboxylic acids is 1. The Morgan fingerprint density at radius 1 is 1.16 bits per heavy atom. The van der Waals surface area contributed by atoms with Gasteiger partial charge in [-0.15, -0.1) is 0 Å². The molecule has 0 saturated carbocycles. The molecule has 4 rings (SSSR count). The number of aromatic nitrogens is 5. The SMILES string of the molecule is CC(C)(C)c1noc(-c2ccnc(-n3cnc(C(=O)NCCc4ccc(Cl)cc4)c3)c2)n1. The zero-order valence-electron chi connectivity index (χ0n) is 18.0. The van der Waals surface area contributed by atoms with Gasteiger partial charge in [-0.3, -0.25) is 9.36 Å². The molecule has 0 bridgehead atoms. The summed E-state index contributed by atoms with van der Waals surface area (Å²) in [7, 11) is 0. The molecular formula is C23H23ClN6O2. The van der Waals surface area contributed by atoms with E-state index in [1.807, 2.05) is 51.1 Å². The Morgan fingerprint density at radius 3 is 2.66 bits per heavy atom. The highest BCUT2D eigenvalue weighted by molar-refractivity contribution is 6.30. The van der Waals surface area contributed by atoms with Crippen molar-refractivity contribution in [2.24, 2.45) is 0 Å². The largest absolute Gasteiger partial charge is 0.350 e. The van der Waals surface area contributed by atoms with E-state index in [1.165, 1.54) is 0 Å². The number of carbonyl (C=O) groups is 1. The fourth-order valence-electron chi connectivity index (χ4n) is 2.97. The van der Waals surface area contributed by atoms with Crippen LogP contribution in [0.1, 0.15) is 42.6 Å². The third-order valence-corrected chi connectivity index (χ3v) is 5.03. The molecule has 8 nitrogen and oxygen atoms in total. The van der Waals surface area contributed by atoms with E-state index in [-0.39, 0.29) is 11.3 Å². The summed E-state index contributed by atoms with van der Waals surface area (Å²) < 4.78 is 7.09. The van der Waals surface area contributed by atoms with Crippen molar-refractivity contribution in [2.75, 3.05) is 6.54 Å². The van der Waals surface area contributed by atoms with Crippen molar-refractivity contribution in [1.82, 2.24) is 30.0 Å². The van der Waals surface area contributed by atoms with Gasteiger partial charge >= 0.3 is 0 Å². The summed E-state index contributed by atoms with van der Waals surface area (Å²) in [6, 6.07) is 11.2. The van der Waals surface area contributed by atoms with E-state index in [0.717, 1.165) is 11.1 Å². The molecule has 0 saturated heterocycles. The second-order valence-corrected chi connectivity index (χ2v) is 8.81. The third kappa shape index (κ3) is 5.03. The highest BCUT2D eigenvalue weighted by atomic mass is 35.5. The quantitative estimate of drug-likeness (QED) is 0.471. The van der Waals surface area contributed by atoms with Gasteiger partial charge in [-0.1, -0.05) is 49.7 Å². The maximum absolute atomic E-state index is 12.5. The Hall–Kier alpha value is -3.52. The molecule has 1 aromatic carbocycles. The molecule has 3 heterocycles. The van der Waals surface area contributed by atoms with E-state index < -0.39 is 0 Å². The van der Waals surface area contributed by atoms with E-state index >= 15 is 0 Å². The topological polar surface area (TPSA) is 98.7 Å². The molecule has 1 amide bonds. The molecule has 0 aliphatic rings. The van der Waals surface area contributed by atoms with Gasteiger partial charge in [-0.2, -0.15) is 4.98 Å². The van der Waals surface area contributed by atoms with Crippen LogP contribution >= 0.6 is 11.6 Å². The standard InChI is InChI=1S/C23H23ClN6O2/c1-23(2,3)22-28-21(32-29-22)16-9-11-25-19(12-16)30-13-18(27-14-30)20(31)26-10-8-15-4-6-17(24)7-5-15/h4-7,9,11-14H,8,10H2,1-3H3,(H,26,31). The lowest BCUT2D eigenvalue weighted by Gasteiger charge is -2.10. The van der Waals surface area contributed by atoms with E-state index in [9.17, 15) is 4.79 Å². The lowest BCUT2D eigenvalue weighted by atomic mass is 9.96. The molecule has 32 heavy (non-hydrogen) atoms. The highest BCUT2D eigenvalue weighted by Gasteiger charge is 2.21. The number of hydrogen-bond donors (Lipinski definition) is 1. The second kappa shape index (κ2) is 8.92. The van der Waals surface area contributed by atoms with Crippen molar-refractivity contribution in [3.63, 3.8) is 0 Å². The normalized spacial score (nSPS) is 11.5. The molecule has 0 aliphatic heterocycles. The van der Waals surface area contributed by atoms with Gasteiger partial charge in [0.1, 0.15) is 17.8 Å². The van der Waals surface area contributed by atoms with Crippen LogP contribution in [0.15, 0.2) is 59.6 Å². The molecule has 164 valence electrons. The number of hydrogen-bond acceptors (Lipinski definition) is 6. The molecule has 0 aliphatic carbocycles. The van der Waals surface area contributed by atoms with Gasteiger partial charge in [0.15, 0.2) is 5.82 Å². The zero-order valence-corrected chi connectivity index (χ0v) is 18.8. The summed E-state index contributed by atoms with van der Waals surface area (Å²) in [5.74, 6) is 1.39. The second-order valence-electron chi connectivity index (χ2n) is 8.37. The maximum Gasteiger partial charge on any atom is 0.271 e. The van der Waals surface area contributed by atoms with Gasteiger partial charge in [0, 0.05) is 34.9 Å². The average Bonchev–Trinajstić information content (AvgIpc) is 3.45. The highest BCUT2D eigenvalue weighted by Crippen LogP contribution is 2.24. The molecule has 0 atom stereocenters. The molecule has 0 spiro atoms. The lowest BCUT2D eigenvalue weighted by Crippen LogP contribution is -2.26. The van der Waals surface area contributed by atoms with E-state index in [4.69, 9.17) is 16.1 Å². The Labute approximate surface area is 190 Å². The van der Waals surface area contributed by atoms with E-state index in [2.05, 4.69) is 25.4 Å². The van der Waals surface area contributed by atoms with Gasteiger partial charge in [0.2, 0.25) is 0 Å². The van der Waals surface area contributed by atoms with Gasteiger partial charge in [0.05, 0.1) is 0 Å². The summed E-state index contributed by atoms with van der Waals surface area (Å²) >= 11 is 5.90. The number of imidazole rings is 1. The van der Waals surface area contributed by atoms with Crippen LogP contribution in [0, 0.1) is 0 Å². The molecule has 1 N–H and O–H groups in total. The minimum atomic E-state index is -0.249. The van der Waals surface area contributed by atoms with Crippen LogP contribution in [0.3, 0.4) is 0 Å². The molecular weight excluding hydrogens is 428 g/mol. The summed E-state index contributed by atoms with van der Waals surface area (Å²) in [5.41, 5.74) is 1.93. The average molecular weight is 451 g/mol. The lowest BCUT2D eigenvalue weighted by molar-refractivity contribution is 0.0949. The van der Waals surface area contributed by atoms with Crippen LogP contribution in [0.25, 0.3) is 17.3 Å². The van der Waals surface area contributed by atoms with Gasteiger partial charge in [-0.05, 0) is 36.2 Å². The number of benzene rings is 1. The summed E-state index contributed by atoms with van der Waals surface area (Å²) in [6.45, 7) is 6.56. The number of nitrogens with zero attached hydrogens (tertiary/aromatic N) is 5. The van der Waals surface area contributed by atoms with Crippen LogP contribution in [-0.2, 0) is 11.8 Å². The van der Waals surface area contributed by atoms with Gasteiger partial charge in [-0.25, -0.2) is 9.97 Å². The molecule has 0 fully saturated rings. The van der Waals surface area contributed by atoms with Crippen molar-refractivity contribution < 1.29 is 9.32 Å². The predicted octanol–water partition coefficient (Wildman–Crippen LogP) is 4.24. The Bertz CT molecular complexity index is 1220. The fourth-order valence-corrected chi connectivity index (χ4v) is 3.09. The number of nitrogens with one attached hydrogen (secondary N) is 1. The minimum Gasteiger partial charge on any atom is -0.350 e. The van der Waals surface area contributed by atoms with Crippen molar-refractivity contribution in [1.29, 1.82) is 0 Å². The first-order valence-electron chi connectivity index (χ1n) is 10.2. The zero-order chi connectivity index (χ0) is 22.7. The third-order valence-electron chi connectivity index (χ3n) is 4.78. The first kappa shape index (κ1) is 21.7. The number of pyridine rings is 1. The van der Waals surface area contributed by atoms with Crippen molar-refractivity contribution in [3.05, 3.63) is 77.2 Å². The van der Waals surface area contributed by atoms with E-state index in [1.54, 1.807) is 29.4 Å². The van der Waals surface area contributed by atoms with Crippen LogP contribution in [0.2, 0.25) is 5.02 Å². The van der Waals surface area contributed by atoms with Crippen molar-refractivity contribution in [2.45, 2.75) is 32.6 Å². The predicted molar refractivity (Wildman–Crippen MR) is 121 cm³/mol. The molecule has 0 radical (unpaired) electrons. The summed E-state index contributed by atoms with van der Waals surface area (Å²) in [5, 5.41) is 7.63. The van der Waals surface area contributed by atoms with Crippen molar-refractivity contribution >= 4 is 17.5 Å². The molecule has 0 unspecified atom stereocenters. The van der Waals surface area contributed by atoms with Crippen LogP contribution in [0.4, 0.5) is 0 Å². The Balaban J connectivity index is 1.43. The van der Waals surface area contributed by atoms with Crippen LogP contribution < -0.4 is 5.32 Å². The van der Waals surface area contributed by atoms with Crippen LogP contribution in [-0.4, -0.2) is 37.1 Å². The monoisotopic (exact) mass is 450 g/mol. The molecule has 4 aromatic rings. The van der Waals surface area contributed by atoms with Gasteiger partial charge in [0.25, 0.3) is 11.8 Å². The van der Waals surface area contributed by atoms with Crippen molar-refractivity contribution in [3.8, 4) is 17.3 Å². The smallest absolute Gasteiger partial charge is 0.271 e. The van der Waals surface area contributed by atoms with Crippen LogP contribution in [0.5, 0.6) is 0 Å². The Morgan fingerprint density at radius 2 is 1.94 bits per heavy atom. The maximum atomic E-state index is 12.5. The Kier molecular flexibility index (Phi) is 6.05. The number of halogens is 1. The summed E-state index contributed by atoms with van der Waals surface area (Å²) in [6.07, 6.45) is 5.54. The van der Waals surface area contributed by atoms with E-state index in [0.29, 0.717) is 41.2 Å². The molecule has 9 heteroatoms. The first-order valence-corrected chi connectivity index (χ1v) is 10.5. The minimum absolute atomic E-state index is 0.211. The number of amides is 1.